The van der Waals surface area contributed by atoms with Gasteiger partial charge in [-0.2, -0.15) is 0 Å². The highest BCUT2D eigenvalue weighted by Crippen LogP contribution is 2.45. The third kappa shape index (κ3) is 8.29. The van der Waals surface area contributed by atoms with Crippen LogP contribution in [-0.2, 0) is 30.8 Å². The zero-order chi connectivity index (χ0) is 28.4. The minimum Gasteiger partial charge on any atom is -0.508 e. The quantitative estimate of drug-likeness (QED) is 0.234. The first kappa shape index (κ1) is 30.5. The summed E-state index contributed by atoms with van der Waals surface area (Å²) in [6.45, 7) is 4.05. The van der Waals surface area contributed by atoms with Gasteiger partial charge >= 0.3 is 0 Å². The lowest BCUT2D eigenvalue weighted by Crippen LogP contribution is -2.41. The van der Waals surface area contributed by atoms with Crippen LogP contribution < -0.4 is 0 Å². The topological polar surface area (TPSA) is 71.5 Å². The molecule has 1 saturated heterocycles. The summed E-state index contributed by atoms with van der Waals surface area (Å²) in [5.41, 5.74) is 3.20. The minimum absolute atomic E-state index is 0.0777. The van der Waals surface area contributed by atoms with E-state index in [4.69, 9.17) is 14.2 Å². The SMILES string of the molecule is COC(CN(CCCC1CC1)C(=O)CCOCCc1ccc(O)c(C2(c3ccccc3)CCN(C)CC2)c1)OC. The molecule has 2 fully saturated rings. The summed E-state index contributed by atoms with van der Waals surface area (Å²) < 4.78 is 16.6. The van der Waals surface area contributed by atoms with E-state index in [0.717, 1.165) is 62.4 Å². The van der Waals surface area contributed by atoms with Crippen LogP contribution >= 0.6 is 0 Å². The number of methoxy groups -OCH3 is 2. The van der Waals surface area contributed by atoms with Crippen LogP contribution in [0.15, 0.2) is 48.5 Å². The number of aromatic hydroxyl groups is 1. The van der Waals surface area contributed by atoms with Crippen molar-refractivity contribution in [3.63, 3.8) is 0 Å². The Hall–Kier alpha value is -2.45. The van der Waals surface area contributed by atoms with E-state index in [1.165, 1.54) is 24.8 Å². The molecule has 1 saturated carbocycles. The fourth-order valence-electron chi connectivity index (χ4n) is 5.92. The number of hydrogen-bond acceptors (Lipinski definition) is 6. The zero-order valence-electron chi connectivity index (χ0n) is 24.6. The minimum atomic E-state index is -0.418. The molecule has 1 aliphatic heterocycles. The molecule has 1 amide bonds. The highest BCUT2D eigenvalue weighted by Gasteiger charge is 2.39. The molecular formula is C33H48N2O5. The number of likely N-dealkylation sites (tertiary alicyclic amines) is 1. The molecule has 2 aromatic carbocycles. The molecule has 7 nitrogen and oxygen atoms in total. The average molecular weight is 553 g/mol. The Bertz CT molecular complexity index is 1050. The van der Waals surface area contributed by atoms with Crippen LogP contribution in [0.25, 0.3) is 0 Å². The second kappa shape index (κ2) is 15.0. The van der Waals surface area contributed by atoms with E-state index in [1.54, 1.807) is 14.2 Å². The van der Waals surface area contributed by atoms with Gasteiger partial charge in [-0.1, -0.05) is 55.3 Å². The molecule has 0 atom stereocenters. The molecular weight excluding hydrogens is 504 g/mol. The van der Waals surface area contributed by atoms with E-state index in [0.29, 0.717) is 31.9 Å². The van der Waals surface area contributed by atoms with Crippen molar-refractivity contribution in [3.8, 4) is 5.75 Å². The van der Waals surface area contributed by atoms with Crippen molar-refractivity contribution in [1.29, 1.82) is 0 Å². The first-order chi connectivity index (χ1) is 19.4. The van der Waals surface area contributed by atoms with Crippen molar-refractivity contribution in [1.82, 2.24) is 9.80 Å². The second-order valence-electron chi connectivity index (χ2n) is 11.5. The Morgan fingerprint density at radius 3 is 2.48 bits per heavy atom. The molecule has 40 heavy (non-hydrogen) atoms. The number of rotatable bonds is 16. The van der Waals surface area contributed by atoms with Crippen LogP contribution in [0, 0.1) is 5.92 Å². The van der Waals surface area contributed by atoms with Gasteiger partial charge in [-0.05, 0) is 75.4 Å². The van der Waals surface area contributed by atoms with Gasteiger partial charge in [-0.25, -0.2) is 0 Å². The van der Waals surface area contributed by atoms with E-state index >= 15 is 0 Å². The maximum absolute atomic E-state index is 13.0. The van der Waals surface area contributed by atoms with Crippen LogP contribution in [0.2, 0.25) is 0 Å². The third-order valence-electron chi connectivity index (χ3n) is 8.72. The molecule has 0 unspecified atom stereocenters. The molecule has 1 N–H and O–H groups in total. The number of carbonyl (C=O) groups is 1. The van der Waals surface area contributed by atoms with E-state index in [1.807, 2.05) is 23.1 Å². The van der Waals surface area contributed by atoms with Crippen molar-refractivity contribution in [2.75, 3.05) is 60.7 Å². The van der Waals surface area contributed by atoms with Crippen LogP contribution in [-0.4, -0.2) is 87.8 Å². The summed E-state index contributed by atoms with van der Waals surface area (Å²) in [6, 6.07) is 16.6. The van der Waals surface area contributed by atoms with Gasteiger partial charge in [0.25, 0.3) is 0 Å². The molecule has 2 aliphatic rings. The van der Waals surface area contributed by atoms with Crippen LogP contribution in [0.4, 0.5) is 0 Å². The number of piperidine rings is 1. The van der Waals surface area contributed by atoms with Gasteiger partial charge in [0.15, 0.2) is 6.29 Å². The Kier molecular flexibility index (Phi) is 11.4. The van der Waals surface area contributed by atoms with Gasteiger partial charge in [-0.3, -0.25) is 4.79 Å². The van der Waals surface area contributed by atoms with Gasteiger partial charge in [0.2, 0.25) is 5.91 Å². The first-order valence-electron chi connectivity index (χ1n) is 14.9. The number of amides is 1. The summed E-state index contributed by atoms with van der Waals surface area (Å²) in [5, 5.41) is 11.0. The van der Waals surface area contributed by atoms with Crippen LogP contribution in [0.5, 0.6) is 5.75 Å². The molecule has 7 heteroatoms. The fourth-order valence-corrected chi connectivity index (χ4v) is 5.92. The Morgan fingerprint density at radius 2 is 1.80 bits per heavy atom. The predicted octanol–water partition coefficient (Wildman–Crippen LogP) is 4.99. The number of phenols is 1. The molecule has 1 aliphatic carbocycles. The number of ether oxygens (including phenoxy) is 3. The van der Waals surface area contributed by atoms with E-state index in [9.17, 15) is 9.90 Å². The zero-order valence-corrected chi connectivity index (χ0v) is 24.6. The number of carbonyl (C=O) groups excluding carboxylic acids is 1. The van der Waals surface area contributed by atoms with Crippen molar-refractivity contribution < 1.29 is 24.1 Å². The molecule has 2 aromatic rings. The summed E-state index contributed by atoms with van der Waals surface area (Å²) in [5.74, 6) is 1.29. The maximum atomic E-state index is 13.0. The standard InChI is InChI=1S/C33H48N2O5/c1-34-20-17-33(18-21-34,28-9-5-4-6-10-28)29-24-27(13-14-30(29)36)15-22-40-23-16-31(37)35(25-32(38-2)39-3)19-7-8-26-11-12-26/h4-6,9-10,13-14,24,26,32,36H,7-8,11-12,15-23,25H2,1-3H3. The van der Waals surface area contributed by atoms with Gasteiger partial charge in [0.05, 0.1) is 26.2 Å². The van der Waals surface area contributed by atoms with Crippen molar-refractivity contribution in [2.45, 2.75) is 63.1 Å². The maximum Gasteiger partial charge on any atom is 0.225 e. The van der Waals surface area contributed by atoms with Crippen molar-refractivity contribution in [3.05, 3.63) is 65.2 Å². The van der Waals surface area contributed by atoms with Crippen LogP contribution in [0.3, 0.4) is 0 Å². The molecule has 1 heterocycles. The molecule has 4 rings (SSSR count). The number of nitrogens with zero attached hydrogens (tertiary/aromatic N) is 2. The Labute approximate surface area is 240 Å². The van der Waals surface area contributed by atoms with Gasteiger partial charge < -0.3 is 29.1 Å². The van der Waals surface area contributed by atoms with E-state index in [2.05, 4.69) is 42.3 Å². The lowest BCUT2D eigenvalue weighted by Gasteiger charge is -2.42. The predicted molar refractivity (Wildman–Crippen MR) is 158 cm³/mol. The highest BCUT2D eigenvalue weighted by molar-refractivity contribution is 5.76. The molecule has 220 valence electrons. The number of benzene rings is 2. The van der Waals surface area contributed by atoms with Gasteiger partial charge in [0, 0.05) is 31.7 Å². The third-order valence-corrected chi connectivity index (χ3v) is 8.72. The monoisotopic (exact) mass is 552 g/mol. The lowest BCUT2D eigenvalue weighted by atomic mass is 9.67. The summed E-state index contributed by atoms with van der Waals surface area (Å²) in [6.07, 6.45) is 7.44. The number of phenolic OH excluding ortho intramolecular Hbond substituents is 1. The smallest absolute Gasteiger partial charge is 0.225 e. The van der Waals surface area contributed by atoms with Crippen molar-refractivity contribution in [2.24, 2.45) is 5.92 Å². The second-order valence-corrected chi connectivity index (χ2v) is 11.5. The average Bonchev–Trinajstić information content (AvgIpc) is 3.81. The number of hydrogen-bond donors (Lipinski definition) is 1. The van der Waals surface area contributed by atoms with Crippen molar-refractivity contribution >= 4 is 5.91 Å². The summed E-state index contributed by atoms with van der Waals surface area (Å²) >= 11 is 0. The molecule has 0 radical (unpaired) electrons. The van der Waals surface area contributed by atoms with Gasteiger partial charge in [0.1, 0.15) is 5.75 Å². The largest absolute Gasteiger partial charge is 0.508 e. The first-order valence-corrected chi connectivity index (χ1v) is 14.9. The normalized spacial score (nSPS) is 17.3. The summed E-state index contributed by atoms with van der Waals surface area (Å²) in [7, 11) is 5.37. The lowest BCUT2D eigenvalue weighted by molar-refractivity contribution is -0.146. The summed E-state index contributed by atoms with van der Waals surface area (Å²) in [4.78, 5) is 17.2. The Morgan fingerprint density at radius 1 is 1.07 bits per heavy atom. The molecule has 0 aromatic heterocycles. The van der Waals surface area contributed by atoms with E-state index in [-0.39, 0.29) is 11.3 Å². The van der Waals surface area contributed by atoms with E-state index < -0.39 is 6.29 Å². The Balaban J connectivity index is 1.32. The fraction of sp³-hybridized carbons (Fsp3) is 0.606. The molecule has 0 bridgehead atoms. The highest BCUT2D eigenvalue weighted by atomic mass is 16.7. The molecule has 0 spiro atoms. The van der Waals surface area contributed by atoms with Crippen LogP contribution in [0.1, 0.15) is 61.6 Å². The van der Waals surface area contributed by atoms with Gasteiger partial charge in [-0.15, -0.1) is 0 Å².